The lowest BCUT2D eigenvalue weighted by atomic mass is 9.90. The molecule has 4 nitrogen and oxygen atoms in total. The molecule has 0 aliphatic carbocycles. The van der Waals surface area contributed by atoms with Crippen LogP contribution in [0.25, 0.3) is 11.0 Å². The van der Waals surface area contributed by atoms with Crippen LogP contribution in [0.5, 0.6) is 0 Å². The standard InChI is InChI=1S/C10H14N4/c1-10(2,3)8-7-5-13-14(4)9(7)12-6-11-8/h5-6H,1-4H3. The average Bonchev–Trinajstić information content (AvgIpc) is 2.46. The normalized spacial score (nSPS) is 12.3. The molecular weight excluding hydrogens is 176 g/mol. The molecule has 4 heteroatoms. The summed E-state index contributed by atoms with van der Waals surface area (Å²) >= 11 is 0. The summed E-state index contributed by atoms with van der Waals surface area (Å²) in [7, 11) is 1.89. The molecule has 14 heavy (non-hydrogen) atoms. The van der Waals surface area contributed by atoms with E-state index in [1.54, 1.807) is 11.0 Å². The molecule has 0 saturated carbocycles. The van der Waals surface area contributed by atoms with Crippen LogP contribution in [-0.2, 0) is 12.5 Å². The van der Waals surface area contributed by atoms with Crippen molar-refractivity contribution >= 4 is 11.0 Å². The summed E-state index contributed by atoms with van der Waals surface area (Å²) in [6.45, 7) is 6.42. The van der Waals surface area contributed by atoms with Crippen molar-refractivity contribution in [2.45, 2.75) is 26.2 Å². The summed E-state index contributed by atoms with van der Waals surface area (Å²) in [4.78, 5) is 8.53. The Labute approximate surface area is 83.0 Å². The molecule has 0 radical (unpaired) electrons. The second kappa shape index (κ2) is 2.77. The molecular formula is C10H14N4. The maximum atomic E-state index is 4.33. The molecule has 0 aliphatic rings. The Kier molecular flexibility index (Phi) is 1.80. The molecule has 0 aromatic carbocycles. The van der Waals surface area contributed by atoms with E-state index in [2.05, 4.69) is 35.8 Å². The van der Waals surface area contributed by atoms with Gasteiger partial charge in [-0.05, 0) is 0 Å². The first-order valence-corrected chi connectivity index (χ1v) is 4.63. The molecule has 0 bridgehead atoms. The van der Waals surface area contributed by atoms with E-state index in [1.807, 2.05) is 13.2 Å². The number of fused-ring (bicyclic) bond motifs is 1. The summed E-state index contributed by atoms with van der Waals surface area (Å²) in [5, 5.41) is 5.23. The summed E-state index contributed by atoms with van der Waals surface area (Å²) in [5.41, 5.74) is 1.98. The minimum atomic E-state index is 0.0320. The van der Waals surface area contributed by atoms with Gasteiger partial charge in [0.05, 0.1) is 17.3 Å². The Morgan fingerprint density at radius 2 is 1.93 bits per heavy atom. The first-order valence-electron chi connectivity index (χ1n) is 4.63. The Morgan fingerprint density at radius 3 is 2.57 bits per heavy atom. The van der Waals surface area contributed by atoms with Crippen molar-refractivity contribution in [3.05, 3.63) is 18.2 Å². The molecule has 74 valence electrons. The van der Waals surface area contributed by atoms with Gasteiger partial charge >= 0.3 is 0 Å². The van der Waals surface area contributed by atoms with Crippen LogP contribution in [0, 0.1) is 0 Å². The van der Waals surface area contributed by atoms with Crippen LogP contribution in [0.1, 0.15) is 26.5 Å². The van der Waals surface area contributed by atoms with Gasteiger partial charge in [-0.25, -0.2) is 9.97 Å². The third-order valence-electron chi connectivity index (χ3n) is 2.24. The number of rotatable bonds is 0. The van der Waals surface area contributed by atoms with Gasteiger partial charge in [0.15, 0.2) is 5.65 Å². The Bertz CT molecular complexity index is 464. The van der Waals surface area contributed by atoms with Crippen LogP contribution in [-0.4, -0.2) is 19.7 Å². The fraction of sp³-hybridized carbons (Fsp3) is 0.500. The Morgan fingerprint density at radius 1 is 1.21 bits per heavy atom. The molecule has 0 aliphatic heterocycles. The highest BCUT2D eigenvalue weighted by molar-refractivity contribution is 5.77. The molecule has 0 atom stereocenters. The second-order valence-electron chi connectivity index (χ2n) is 4.48. The summed E-state index contributed by atoms with van der Waals surface area (Å²) in [5.74, 6) is 0. The van der Waals surface area contributed by atoms with Crippen LogP contribution in [0.4, 0.5) is 0 Å². The van der Waals surface area contributed by atoms with E-state index in [4.69, 9.17) is 0 Å². The zero-order valence-corrected chi connectivity index (χ0v) is 8.94. The molecule has 2 rings (SSSR count). The summed E-state index contributed by atoms with van der Waals surface area (Å²) < 4.78 is 1.77. The smallest absolute Gasteiger partial charge is 0.161 e. The van der Waals surface area contributed by atoms with Gasteiger partial charge in [0, 0.05) is 12.5 Å². The quantitative estimate of drug-likeness (QED) is 0.634. The van der Waals surface area contributed by atoms with Crippen molar-refractivity contribution in [2.75, 3.05) is 0 Å². The van der Waals surface area contributed by atoms with Gasteiger partial charge in [0.25, 0.3) is 0 Å². The van der Waals surface area contributed by atoms with Crippen LogP contribution in [0.3, 0.4) is 0 Å². The van der Waals surface area contributed by atoms with E-state index in [9.17, 15) is 0 Å². The van der Waals surface area contributed by atoms with Crippen molar-refractivity contribution in [1.82, 2.24) is 19.7 Å². The van der Waals surface area contributed by atoms with Crippen molar-refractivity contribution in [2.24, 2.45) is 7.05 Å². The zero-order chi connectivity index (χ0) is 10.3. The predicted octanol–water partition coefficient (Wildman–Crippen LogP) is 1.66. The fourth-order valence-corrected chi connectivity index (χ4v) is 1.56. The van der Waals surface area contributed by atoms with Gasteiger partial charge in [-0.1, -0.05) is 20.8 Å². The number of hydrogen-bond acceptors (Lipinski definition) is 3. The largest absolute Gasteiger partial charge is 0.250 e. The van der Waals surface area contributed by atoms with Gasteiger partial charge in [-0.15, -0.1) is 0 Å². The van der Waals surface area contributed by atoms with Gasteiger partial charge in [0.1, 0.15) is 6.33 Å². The molecule has 0 saturated heterocycles. The summed E-state index contributed by atoms with van der Waals surface area (Å²) in [6, 6.07) is 0. The fourth-order valence-electron chi connectivity index (χ4n) is 1.56. The Balaban J connectivity index is 2.79. The van der Waals surface area contributed by atoms with Gasteiger partial charge in [-0.2, -0.15) is 5.10 Å². The molecule has 0 amide bonds. The first kappa shape index (κ1) is 9.12. The minimum absolute atomic E-state index is 0.0320. The molecule has 2 aromatic heterocycles. The monoisotopic (exact) mass is 190 g/mol. The van der Waals surface area contributed by atoms with Crippen molar-refractivity contribution in [3.8, 4) is 0 Å². The highest BCUT2D eigenvalue weighted by Crippen LogP contribution is 2.25. The highest BCUT2D eigenvalue weighted by atomic mass is 15.3. The van der Waals surface area contributed by atoms with E-state index in [0.717, 1.165) is 16.7 Å². The van der Waals surface area contributed by atoms with E-state index in [0.29, 0.717) is 0 Å². The third kappa shape index (κ3) is 1.27. The van der Waals surface area contributed by atoms with E-state index >= 15 is 0 Å². The third-order valence-corrected chi connectivity index (χ3v) is 2.24. The molecule has 0 fully saturated rings. The van der Waals surface area contributed by atoms with Crippen LogP contribution in [0.2, 0.25) is 0 Å². The van der Waals surface area contributed by atoms with Crippen LogP contribution >= 0.6 is 0 Å². The molecule has 2 aromatic rings. The molecule has 2 heterocycles. The lowest BCUT2D eigenvalue weighted by molar-refractivity contribution is 0.574. The van der Waals surface area contributed by atoms with Crippen LogP contribution in [0.15, 0.2) is 12.5 Å². The maximum Gasteiger partial charge on any atom is 0.161 e. The Hall–Kier alpha value is -1.45. The topological polar surface area (TPSA) is 43.6 Å². The number of hydrogen-bond donors (Lipinski definition) is 0. The van der Waals surface area contributed by atoms with Crippen LogP contribution < -0.4 is 0 Å². The van der Waals surface area contributed by atoms with E-state index in [1.165, 1.54) is 0 Å². The van der Waals surface area contributed by atoms with Crippen molar-refractivity contribution in [3.63, 3.8) is 0 Å². The van der Waals surface area contributed by atoms with Gasteiger partial charge in [-0.3, -0.25) is 4.68 Å². The van der Waals surface area contributed by atoms with E-state index in [-0.39, 0.29) is 5.41 Å². The first-order chi connectivity index (χ1) is 6.50. The highest BCUT2D eigenvalue weighted by Gasteiger charge is 2.20. The lowest BCUT2D eigenvalue weighted by Crippen LogP contribution is -2.14. The number of aromatic nitrogens is 4. The number of nitrogens with zero attached hydrogens (tertiary/aromatic N) is 4. The SMILES string of the molecule is Cn1ncc2c(C(C)(C)C)ncnc21. The molecule has 0 N–H and O–H groups in total. The van der Waals surface area contributed by atoms with Gasteiger partial charge in [0.2, 0.25) is 0 Å². The molecule has 0 unspecified atom stereocenters. The van der Waals surface area contributed by atoms with Crippen molar-refractivity contribution in [1.29, 1.82) is 0 Å². The van der Waals surface area contributed by atoms with Gasteiger partial charge < -0.3 is 0 Å². The lowest BCUT2D eigenvalue weighted by Gasteiger charge is -2.17. The second-order valence-corrected chi connectivity index (χ2v) is 4.48. The van der Waals surface area contributed by atoms with E-state index < -0.39 is 0 Å². The maximum absolute atomic E-state index is 4.33. The zero-order valence-electron chi connectivity index (χ0n) is 8.94. The molecule has 0 spiro atoms. The summed E-state index contributed by atoms with van der Waals surface area (Å²) in [6.07, 6.45) is 3.43. The minimum Gasteiger partial charge on any atom is -0.250 e. The number of aryl methyl sites for hydroxylation is 1. The predicted molar refractivity (Wildman–Crippen MR) is 55.0 cm³/mol. The van der Waals surface area contributed by atoms with Crippen molar-refractivity contribution < 1.29 is 0 Å². The average molecular weight is 190 g/mol.